The average molecular weight is 515 g/mol. The van der Waals surface area contributed by atoms with Crippen LogP contribution in [-0.4, -0.2) is 79.2 Å². The monoisotopic (exact) mass is 514 g/mol. The summed E-state index contributed by atoms with van der Waals surface area (Å²) in [7, 11) is -5.71. The largest absolute Gasteiger partial charge is 0.466 e. The van der Waals surface area contributed by atoms with Crippen molar-refractivity contribution in [3.8, 4) is 0 Å². The Morgan fingerprint density at radius 1 is 0.912 bits per heavy atom. The first-order valence-corrected chi connectivity index (χ1v) is 11.6. The summed E-state index contributed by atoms with van der Waals surface area (Å²) in [5.41, 5.74) is -2.31. The zero-order valence-electron chi connectivity index (χ0n) is 19.7. The number of carbonyl (C=O) groups is 2. The van der Waals surface area contributed by atoms with Crippen molar-refractivity contribution in [3.63, 3.8) is 0 Å². The maximum atomic E-state index is 13.0. The van der Waals surface area contributed by atoms with Gasteiger partial charge in [0.15, 0.2) is 6.61 Å². The minimum absolute atomic E-state index is 0.0136. The maximum Gasteiger partial charge on any atom is 0.402 e. The Labute approximate surface area is 196 Å². The van der Waals surface area contributed by atoms with Crippen LogP contribution in [0.4, 0.5) is 8.78 Å². The molecule has 5 N–H and O–H groups in total. The van der Waals surface area contributed by atoms with E-state index in [1.807, 2.05) is 0 Å². The predicted molar refractivity (Wildman–Crippen MR) is 118 cm³/mol. The van der Waals surface area contributed by atoms with Crippen LogP contribution in [0.3, 0.4) is 0 Å². The van der Waals surface area contributed by atoms with Crippen LogP contribution in [0.5, 0.6) is 0 Å². The minimum atomic E-state index is -5.71. The molecule has 0 spiro atoms. The number of azo groups is 1. The molecule has 196 valence electrons. The summed E-state index contributed by atoms with van der Waals surface area (Å²) in [5.74, 6) is -1.77. The molecule has 0 heterocycles. The average Bonchev–Trinajstić information content (AvgIpc) is 2.70. The summed E-state index contributed by atoms with van der Waals surface area (Å²) in [6.45, 7) is 6.34. The number of halogens is 2. The molecule has 0 aliphatic carbocycles. The number of rotatable bonds is 14. The van der Waals surface area contributed by atoms with Crippen LogP contribution in [0.15, 0.2) is 10.2 Å². The highest BCUT2D eigenvalue weighted by molar-refractivity contribution is 7.86. The van der Waals surface area contributed by atoms with Crippen LogP contribution in [0, 0.1) is 10.8 Å². The first-order valence-electron chi connectivity index (χ1n) is 10.1. The van der Waals surface area contributed by atoms with E-state index in [0.717, 1.165) is 0 Å². The summed E-state index contributed by atoms with van der Waals surface area (Å²) < 4.78 is 64.3. The van der Waals surface area contributed by atoms with E-state index in [1.54, 1.807) is 20.8 Å². The van der Waals surface area contributed by atoms with Gasteiger partial charge in [0.05, 0.1) is 19.4 Å². The predicted octanol–water partition coefficient (Wildman–Crippen LogP) is 1.50. The van der Waals surface area contributed by atoms with Crippen molar-refractivity contribution >= 4 is 33.7 Å². The molecule has 0 saturated carbocycles. The van der Waals surface area contributed by atoms with E-state index in [9.17, 15) is 26.8 Å². The number of carbonyl (C=O) groups excluding carboxylic acids is 2. The van der Waals surface area contributed by atoms with Gasteiger partial charge in [0, 0.05) is 13.1 Å². The number of hydrogen-bond acceptors (Lipinski definition) is 10. The lowest BCUT2D eigenvalue weighted by Gasteiger charge is -2.25. The van der Waals surface area contributed by atoms with E-state index in [2.05, 4.69) is 25.6 Å². The summed E-state index contributed by atoms with van der Waals surface area (Å²) in [4.78, 5) is 22.9. The van der Waals surface area contributed by atoms with Crippen molar-refractivity contribution in [1.29, 1.82) is 10.8 Å². The summed E-state index contributed by atoms with van der Waals surface area (Å²) >= 11 is 0. The summed E-state index contributed by atoms with van der Waals surface area (Å²) in [6.07, 6.45) is -0.406. The minimum Gasteiger partial charge on any atom is -0.466 e. The quantitative estimate of drug-likeness (QED) is 0.0748. The molecule has 0 aliphatic heterocycles. The third-order valence-electron chi connectivity index (χ3n) is 4.12. The summed E-state index contributed by atoms with van der Waals surface area (Å²) in [5, 5.41) is 25.0. The molecule has 0 aromatic carbocycles. The smallest absolute Gasteiger partial charge is 0.402 e. The van der Waals surface area contributed by atoms with E-state index >= 15 is 0 Å². The highest BCUT2D eigenvalue weighted by Gasteiger charge is 2.45. The Balaban J connectivity index is 4.67. The fraction of sp³-hybridized carbons (Fsp3) is 0.778. The lowest BCUT2D eigenvalue weighted by Crippen LogP contribution is -2.43. The van der Waals surface area contributed by atoms with Crippen molar-refractivity contribution in [3.05, 3.63) is 0 Å². The highest BCUT2D eigenvalue weighted by Crippen LogP contribution is 2.21. The second-order valence-corrected chi connectivity index (χ2v) is 9.55. The van der Waals surface area contributed by atoms with Gasteiger partial charge in [0.1, 0.15) is 22.7 Å². The molecule has 0 amide bonds. The number of amidine groups is 2. The molecule has 34 heavy (non-hydrogen) atoms. The second kappa shape index (κ2) is 12.6. The lowest BCUT2D eigenvalue weighted by atomic mass is 10.0. The molecule has 0 radical (unpaired) electrons. The standard InChI is InChI=1S/C18H32F2N6O7S/c1-6-32-12(27)7-9-23-14(21)16(2,3)25-26-17(4,5)15(22)24-10-8-13(28)33-11-18(19,20)34(29,30)31/h6-11H2,1-5H3,(H2,21,23)(H2,22,24)(H,29,30,31). The van der Waals surface area contributed by atoms with E-state index in [4.69, 9.17) is 20.1 Å². The van der Waals surface area contributed by atoms with Gasteiger partial charge in [-0.1, -0.05) is 0 Å². The number of nitrogens with zero attached hydrogens (tertiary/aromatic N) is 2. The van der Waals surface area contributed by atoms with Gasteiger partial charge in [-0.3, -0.25) is 25.0 Å². The van der Waals surface area contributed by atoms with Gasteiger partial charge in [-0.25, -0.2) is 0 Å². The van der Waals surface area contributed by atoms with Gasteiger partial charge in [-0.15, -0.1) is 0 Å². The van der Waals surface area contributed by atoms with E-state index in [1.165, 1.54) is 13.8 Å². The Hall–Kier alpha value is -2.75. The van der Waals surface area contributed by atoms with Crippen molar-refractivity contribution in [2.75, 3.05) is 26.3 Å². The molecule has 0 aliphatic rings. The van der Waals surface area contributed by atoms with Gasteiger partial charge in [-0.2, -0.15) is 27.4 Å². The molecule has 0 unspecified atom stereocenters. The van der Waals surface area contributed by atoms with Crippen LogP contribution in [0.2, 0.25) is 0 Å². The summed E-state index contributed by atoms with van der Waals surface area (Å²) in [6, 6.07) is 0. The Bertz CT molecular complexity index is 891. The molecule has 13 nitrogen and oxygen atoms in total. The van der Waals surface area contributed by atoms with Crippen LogP contribution in [-0.2, 0) is 29.2 Å². The van der Waals surface area contributed by atoms with Gasteiger partial charge < -0.3 is 20.1 Å². The second-order valence-electron chi connectivity index (χ2n) is 8.00. The number of esters is 2. The molecular formula is C18H32F2N6O7S. The van der Waals surface area contributed by atoms with Crippen LogP contribution in [0.25, 0.3) is 0 Å². The third kappa shape index (κ3) is 10.9. The Morgan fingerprint density at radius 3 is 1.65 bits per heavy atom. The first kappa shape index (κ1) is 31.2. The zero-order chi connectivity index (χ0) is 26.8. The number of ether oxygens (including phenoxy) is 2. The van der Waals surface area contributed by atoms with Gasteiger partial charge in [0.25, 0.3) is 0 Å². The van der Waals surface area contributed by atoms with Crippen molar-refractivity contribution in [1.82, 2.24) is 10.6 Å². The van der Waals surface area contributed by atoms with Gasteiger partial charge in [0.2, 0.25) is 0 Å². The van der Waals surface area contributed by atoms with Crippen molar-refractivity contribution in [2.45, 2.75) is 63.8 Å². The van der Waals surface area contributed by atoms with Crippen LogP contribution < -0.4 is 10.6 Å². The van der Waals surface area contributed by atoms with E-state index in [-0.39, 0.29) is 37.8 Å². The molecule has 0 fully saturated rings. The van der Waals surface area contributed by atoms with Crippen LogP contribution >= 0.6 is 0 Å². The number of nitrogens with one attached hydrogen (secondary N) is 4. The molecule has 16 heteroatoms. The number of hydrogen-bond donors (Lipinski definition) is 5. The molecule has 0 aromatic heterocycles. The van der Waals surface area contributed by atoms with E-state index < -0.39 is 51.4 Å². The van der Waals surface area contributed by atoms with Gasteiger partial charge in [-0.05, 0) is 34.6 Å². The Morgan fingerprint density at radius 2 is 1.29 bits per heavy atom. The fourth-order valence-corrected chi connectivity index (χ4v) is 2.11. The normalized spacial score (nSPS) is 12.8. The molecule has 0 bridgehead atoms. The van der Waals surface area contributed by atoms with Crippen LogP contribution in [0.1, 0.15) is 47.5 Å². The molecule has 0 atom stereocenters. The molecule has 0 saturated heterocycles. The molecular weight excluding hydrogens is 482 g/mol. The third-order valence-corrected chi connectivity index (χ3v) is 4.99. The van der Waals surface area contributed by atoms with Crippen molar-refractivity contribution in [2.24, 2.45) is 10.2 Å². The maximum absolute atomic E-state index is 13.0. The highest BCUT2D eigenvalue weighted by atomic mass is 32.2. The van der Waals surface area contributed by atoms with Crippen molar-refractivity contribution < 1.29 is 40.8 Å². The van der Waals surface area contributed by atoms with E-state index in [0.29, 0.717) is 0 Å². The lowest BCUT2D eigenvalue weighted by molar-refractivity contribution is -0.149. The van der Waals surface area contributed by atoms with Gasteiger partial charge >= 0.3 is 27.3 Å². The molecule has 0 aromatic rings. The zero-order valence-corrected chi connectivity index (χ0v) is 20.5. The SMILES string of the molecule is CCOC(=O)CCNC(=N)C(C)(C)N=NC(C)(C)C(=N)NCCC(=O)OCC(F)(F)S(=O)(=O)O. The molecule has 0 rings (SSSR count). The fourth-order valence-electron chi connectivity index (χ4n) is 1.91. The topological polar surface area (TPSA) is 203 Å². The number of alkyl halides is 2. The first-order chi connectivity index (χ1) is 15.4. The Kier molecular flexibility index (Phi) is 11.6.